The minimum absolute atomic E-state index is 0.123. The van der Waals surface area contributed by atoms with E-state index in [9.17, 15) is 14.7 Å². The highest BCUT2D eigenvalue weighted by molar-refractivity contribution is 5.95. The quantitative estimate of drug-likeness (QED) is 0.904. The maximum absolute atomic E-state index is 12.4. The lowest BCUT2D eigenvalue weighted by molar-refractivity contribution is -0.147. The Labute approximate surface area is 124 Å². The van der Waals surface area contributed by atoms with E-state index in [4.69, 9.17) is 4.74 Å². The summed E-state index contributed by atoms with van der Waals surface area (Å²) in [5, 5.41) is 9.21. The molecule has 21 heavy (non-hydrogen) atoms. The van der Waals surface area contributed by atoms with Crippen molar-refractivity contribution in [1.82, 2.24) is 4.90 Å². The zero-order chi connectivity index (χ0) is 15.5. The topological polar surface area (TPSA) is 66.8 Å². The third-order valence-corrected chi connectivity index (χ3v) is 3.85. The van der Waals surface area contributed by atoms with Crippen LogP contribution >= 0.6 is 0 Å². The van der Waals surface area contributed by atoms with E-state index in [2.05, 4.69) is 0 Å². The van der Waals surface area contributed by atoms with Crippen LogP contribution in [0.2, 0.25) is 0 Å². The van der Waals surface area contributed by atoms with Crippen LogP contribution in [0.5, 0.6) is 5.75 Å². The molecule has 0 radical (unpaired) electrons. The number of carbonyl (C=O) groups is 2. The largest absolute Gasteiger partial charge is 0.494 e. The van der Waals surface area contributed by atoms with Gasteiger partial charge in [0.05, 0.1) is 12.0 Å². The van der Waals surface area contributed by atoms with E-state index < -0.39 is 11.4 Å². The third kappa shape index (κ3) is 3.35. The molecule has 1 aliphatic rings. The Kier molecular flexibility index (Phi) is 4.50. The molecular weight excluding hydrogens is 270 g/mol. The van der Waals surface area contributed by atoms with E-state index >= 15 is 0 Å². The number of ether oxygens (including phenoxy) is 1. The number of hydrogen-bond donors (Lipinski definition) is 1. The summed E-state index contributed by atoms with van der Waals surface area (Å²) in [5.41, 5.74) is -0.270. The van der Waals surface area contributed by atoms with Gasteiger partial charge in [0.1, 0.15) is 5.75 Å². The van der Waals surface area contributed by atoms with E-state index in [0.29, 0.717) is 25.1 Å². The summed E-state index contributed by atoms with van der Waals surface area (Å²) in [6, 6.07) is 7.00. The number of amides is 1. The lowest BCUT2D eigenvalue weighted by Gasteiger charge is -2.20. The number of carboxylic acid groups (broad SMARTS) is 1. The zero-order valence-electron chi connectivity index (χ0n) is 12.5. The van der Waals surface area contributed by atoms with Gasteiger partial charge in [0, 0.05) is 18.7 Å². The van der Waals surface area contributed by atoms with E-state index in [-0.39, 0.29) is 12.5 Å². The number of carbonyl (C=O) groups excluding carboxylic acids is 1. The maximum Gasteiger partial charge on any atom is 0.311 e. The lowest BCUT2D eigenvalue weighted by Crippen LogP contribution is -2.34. The molecular formula is C16H21NO4. The first-order chi connectivity index (χ1) is 9.96. The van der Waals surface area contributed by atoms with Gasteiger partial charge in [0.15, 0.2) is 0 Å². The summed E-state index contributed by atoms with van der Waals surface area (Å²) in [4.78, 5) is 25.2. The molecule has 1 unspecified atom stereocenters. The van der Waals surface area contributed by atoms with Crippen molar-refractivity contribution in [1.29, 1.82) is 0 Å². The fourth-order valence-corrected chi connectivity index (χ4v) is 2.41. The molecule has 0 spiro atoms. The van der Waals surface area contributed by atoms with Crippen molar-refractivity contribution in [3.63, 3.8) is 0 Å². The van der Waals surface area contributed by atoms with Gasteiger partial charge in [-0.1, -0.05) is 6.92 Å². The van der Waals surface area contributed by atoms with Gasteiger partial charge in [-0.15, -0.1) is 0 Å². The molecule has 2 rings (SSSR count). The highest BCUT2D eigenvalue weighted by Gasteiger charge is 2.42. The molecule has 0 bridgehead atoms. The van der Waals surface area contributed by atoms with E-state index in [1.165, 1.54) is 0 Å². The van der Waals surface area contributed by atoms with E-state index in [1.807, 2.05) is 6.92 Å². The van der Waals surface area contributed by atoms with Crippen molar-refractivity contribution in [3.05, 3.63) is 29.8 Å². The highest BCUT2D eigenvalue weighted by atomic mass is 16.5. The highest BCUT2D eigenvalue weighted by Crippen LogP contribution is 2.31. The van der Waals surface area contributed by atoms with Gasteiger partial charge in [0.25, 0.3) is 5.91 Å². The Hall–Kier alpha value is -2.04. The van der Waals surface area contributed by atoms with E-state index in [1.54, 1.807) is 36.1 Å². The third-order valence-electron chi connectivity index (χ3n) is 3.85. The summed E-state index contributed by atoms with van der Waals surface area (Å²) in [6.45, 7) is 5.11. The van der Waals surface area contributed by atoms with Crippen molar-refractivity contribution in [3.8, 4) is 5.75 Å². The summed E-state index contributed by atoms with van der Waals surface area (Å²) in [5.74, 6) is -0.228. The van der Waals surface area contributed by atoms with Crippen LogP contribution < -0.4 is 4.74 Å². The summed E-state index contributed by atoms with van der Waals surface area (Å²) < 4.78 is 5.48. The lowest BCUT2D eigenvalue weighted by atomic mass is 9.90. The molecule has 114 valence electrons. The van der Waals surface area contributed by atoms with Crippen molar-refractivity contribution >= 4 is 11.9 Å². The molecule has 0 aliphatic carbocycles. The predicted molar refractivity (Wildman–Crippen MR) is 78.5 cm³/mol. The Morgan fingerprint density at radius 3 is 2.52 bits per heavy atom. The van der Waals surface area contributed by atoms with Gasteiger partial charge < -0.3 is 14.7 Å². The number of nitrogens with zero attached hydrogens (tertiary/aromatic N) is 1. The van der Waals surface area contributed by atoms with Gasteiger partial charge in [-0.3, -0.25) is 9.59 Å². The average Bonchev–Trinajstić information content (AvgIpc) is 2.89. The first-order valence-electron chi connectivity index (χ1n) is 7.22. The summed E-state index contributed by atoms with van der Waals surface area (Å²) in [6.07, 6.45) is 1.42. The van der Waals surface area contributed by atoms with Gasteiger partial charge in [-0.2, -0.15) is 0 Å². The molecule has 1 saturated heterocycles. The Bertz CT molecular complexity index is 526. The second kappa shape index (κ2) is 6.16. The Morgan fingerprint density at radius 1 is 1.33 bits per heavy atom. The molecule has 1 atom stereocenters. The van der Waals surface area contributed by atoms with Crippen molar-refractivity contribution < 1.29 is 19.4 Å². The van der Waals surface area contributed by atoms with E-state index in [0.717, 1.165) is 12.2 Å². The average molecular weight is 291 g/mol. The summed E-state index contributed by atoms with van der Waals surface area (Å²) >= 11 is 0. The van der Waals surface area contributed by atoms with Gasteiger partial charge in [-0.05, 0) is 44.0 Å². The van der Waals surface area contributed by atoms with Crippen LogP contribution in [-0.4, -0.2) is 41.6 Å². The number of hydrogen-bond acceptors (Lipinski definition) is 3. The molecule has 5 nitrogen and oxygen atoms in total. The minimum atomic E-state index is -0.846. The molecule has 1 aromatic carbocycles. The number of carboxylic acids is 1. The molecule has 5 heteroatoms. The van der Waals surface area contributed by atoms with Gasteiger partial charge in [-0.25, -0.2) is 0 Å². The number of likely N-dealkylation sites (tertiary alicyclic amines) is 1. The van der Waals surface area contributed by atoms with Crippen LogP contribution in [0.25, 0.3) is 0 Å². The number of rotatable bonds is 5. The van der Waals surface area contributed by atoms with Crippen LogP contribution in [0.4, 0.5) is 0 Å². The number of benzene rings is 1. The Morgan fingerprint density at radius 2 is 2.00 bits per heavy atom. The first kappa shape index (κ1) is 15.4. The second-order valence-electron chi connectivity index (χ2n) is 5.72. The standard InChI is InChI=1S/C16H21NO4/c1-3-10-21-13-6-4-12(5-7-13)14(18)17-9-8-16(2,11-17)15(19)20/h4-7H,3,8-11H2,1-2H3,(H,19,20). The van der Waals surface area contributed by atoms with Crippen molar-refractivity contribution in [2.45, 2.75) is 26.7 Å². The van der Waals surface area contributed by atoms with Crippen molar-refractivity contribution in [2.75, 3.05) is 19.7 Å². The summed E-state index contributed by atoms with van der Waals surface area (Å²) in [7, 11) is 0. The van der Waals surface area contributed by atoms with Crippen molar-refractivity contribution in [2.24, 2.45) is 5.41 Å². The predicted octanol–water partition coefficient (Wildman–Crippen LogP) is 2.41. The molecule has 1 aliphatic heterocycles. The maximum atomic E-state index is 12.4. The molecule has 0 saturated carbocycles. The second-order valence-corrected chi connectivity index (χ2v) is 5.72. The molecule has 1 fully saturated rings. The van der Waals surface area contributed by atoms with Crippen LogP contribution in [0.15, 0.2) is 24.3 Å². The smallest absolute Gasteiger partial charge is 0.311 e. The monoisotopic (exact) mass is 291 g/mol. The molecule has 0 aromatic heterocycles. The SMILES string of the molecule is CCCOc1ccc(C(=O)N2CCC(C)(C(=O)O)C2)cc1. The normalized spacial score (nSPS) is 21.3. The van der Waals surface area contributed by atoms with Gasteiger partial charge in [0.2, 0.25) is 0 Å². The van der Waals surface area contributed by atoms with Crippen LogP contribution in [-0.2, 0) is 4.79 Å². The fourth-order valence-electron chi connectivity index (χ4n) is 2.41. The zero-order valence-corrected chi connectivity index (χ0v) is 12.5. The fraction of sp³-hybridized carbons (Fsp3) is 0.500. The molecule has 1 amide bonds. The minimum Gasteiger partial charge on any atom is -0.494 e. The first-order valence-corrected chi connectivity index (χ1v) is 7.22. The molecule has 1 heterocycles. The van der Waals surface area contributed by atoms with Crippen LogP contribution in [0.3, 0.4) is 0 Å². The number of aliphatic carboxylic acids is 1. The van der Waals surface area contributed by atoms with Gasteiger partial charge >= 0.3 is 5.97 Å². The van der Waals surface area contributed by atoms with Crippen LogP contribution in [0.1, 0.15) is 37.0 Å². The molecule has 1 N–H and O–H groups in total. The van der Waals surface area contributed by atoms with Crippen LogP contribution in [0, 0.1) is 5.41 Å². The Balaban J connectivity index is 2.02. The molecule has 1 aromatic rings.